The van der Waals surface area contributed by atoms with Crippen LogP contribution in [0.15, 0.2) is 96.1 Å². The molecule has 0 spiro atoms. The van der Waals surface area contributed by atoms with Gasteiger partial charge in [0.25, 0.3) is 0 Å². The van der Waals surface area contributed by atoms with Crippen molar-refractivity contribution in [1.29, 1.82) is 0 Å². The Bertz CT molecular complexity index is 2740. The van der Waals surface area contributed by atoms with Crippen molar-refractivity contribution in [3.8, 4) is 11.5 Å². The van der Waals surface area contributed by atoms with Crippen LogP contribution in [0.5, 0.6) is 11.5 Å². The minimum absolute atomic E-state index is 0. The molecule has 0 bridgehead atoms. The number of para-hydroxylation sites is 1. The van der Waals surface area contributed by atoms with Crippen LogP contribution in [0.3, 0.4) is 0 Å². The first-order chi connectivity index (χ1) is 27.8. The van der Waals surface area contributed by atoms with Gasteiger partial charge in [-0.15, -0.1) is 34.9 Å². The van der Waals surface area contributed by atoms with Crippen LogP contribution in [0.1, 0.15) is 115 Å². The molecule has 0 unspecified atom stereocenters. The van der Waals surface area contributed by atoms with Crippen LogP contribution in [-0.4, -0.2) is 16.4 Å². The number of rotatable bonds is 5. The van der Waals surface area contributed by atoms with Crippen LogP contribution >= 0.6 is 0 Å². The van der Waals surface area contributed by atoms with Crippen LogP contribution in [-0.2, 0) is 43.9 Å². The fourth-order valence-electron chi connectivity index (χ4n) is 10.4. The molecule has 5 nitrogen and oxygen atoms in total. The summed E-state index contributed by atoms with van der Waals surface area (Å²) in [6, 6.07) is 38.4. The molecule has 0 fully saturated rings. The summed E-state index contributed by atoms with van der Waals surface area (Å²) in [5, 5.41) is 0. The second-order valence-electron chi connectivity index (χ2n) is 19.3. The SMILES string of the molecule is Cc1cc(C)c(N2C(c3[c-]c(Oc4[c-]c5c(cc4)C(C)(C)c4ccccc4N5c4cc(C(C)(C)C)ccn4)c(C)cc3C)=N[C@]3(C)Cc4c(C)cccc4[C@]23C)c(C)c1.[Pt+2]. The van der Waals surface area contributed by atoms with Gasteiger partial charge < -0.3 is 19.5 Å². The summed E-state index contributed by atoms with van der Waals surface area (Å²) in [7, 11) is 0. The predicted octanol–water partition coefficient (Wildman–Crippen LogP) is 13.2. The average Bonchev–Trinajstić information content (AvgIpc) is 3.53. The van der Waals surface area contributed by atoms with Gasteiger partial charge in [-0.1, -0.05) is 120 Å². The summed E-state index contributed by atoms with van der Waals surface area (Å²) < 4.78 is 6.94. The first kappa shape index (κ1) is 41.7. The van der Waals surface area contributed by atoms with Crippen LogP contribution in [0.4, 0.5) is 22.9 Å². The second-order valence-corrected chi connectivity index (χ2v) is 19.3. The van der Waals surface area contributed by atoms with Crippen LogP contribution in [0.25, 0.3) is 0 Å². The summed E-state index contributed by atoms with van der Waals surface area (Å²) >= 11 is 0. The van der Waals surface area contributed by atoms with E-state index in [2.05, 4.69) is 197 Å². The Hall–Kier alpha value is -4.99. The van der Waals surface area contributed by atoms with Crippen molar-refractivity contribution < 1.29 is 25.8 Å². The molecule has 0 amide bonds. The van der Waals surface area contributed by atoms with Gasteiger partial charge in [0.05, 0.1) is 16.9 Å². The van der Waals surface area contributed by atoms with Crippen molar-refractivity contribution in [2.75, 3.05) is 9.80 Å². The number of aryl methyl sites for hydroxylation is 6. The number of aliphatic imine (C=N–C) groups is 1. The molecule has 6 heteroatoms. The van der Waals surface area contributed by atoms with E-state index in [1.165, 1.54) is 55.8 Å². The van der Waals surface area contributed by atoms with Crippen LogP contribution in [0, 0.1) is 53.7 Å². The third kappa shape index (κ3) is 6.21. The maximum absolute atomic E-state index is 6.94. The Labute approximate surface area is 372 Å². The van der Waals surface area contributed by atoms with Gasteiger partial charge in [0.1, 0.15) is 5.82 Å². The minimum atomic E-state index is -0.419. The standard InChI is InChI=1S/C54H56N4O.Pt/c1-32-25-36(5)49(37(6)26-32)58-50(56-53(12)31-41-33(2)17-16-19-42(41)54(53,58)13)40-30-47(35(4)27-34(40)3)59-39-21-22-44-46(29-39)57(45-20-15-14-18-43(45)52(44,10)11)48-28-38(23-24-55-48)51(7,8)9;/h14-28H,31H2,1-13H3;/q-2;+2/t53-,54+;/m1./s1. The molecule has 60 heavy (non-hydrogen) atoms. The van der Waals surface area contributed by atoms with Crippen molar-refractivity contribution >= 4 is 28.7 Å². The molecule has 2 aliphatic heterocycles. The Balaban J connectivity index is 0.00000499. The Morgan fingerprint density at radius 1 is 0.700 bits per heavy atom. The van der Waals surface area contributed by atoms with Crippen molar-refractivity contribution in [3.63, 3.8) is 0 Å². The molecule has 1 aromatic heterocycles. The maximum Gasteiger partial charge on any atom is 2.00 e. The van der Waals surface area contributed by atoms with Crippen molar-refractivity contribution in [3.05, 3.63) is 170 Å². The Morgan fingerprint density at radius 3 is 2.12 bits per heavy atom. The Morgan fingerprint density at radius 2 is 1.40 bits per heavy atom. The van der Waals surface area contributed by atoms with E-state index in [-0.39, 0.29) is 31.9 Å². The second kappa shape index (κ2) is 14.3. The molecule has 0 radical (unpaired) electrons. The number of fused-ring (bicyclic) bond motifs is 5. The summed E-state index contributed by atoms with van der Waals surface area (Å²) in [5.41, 5.74) is 16.7. The molecular weight excluding hydrogens is 916 g/mol. The molecule has 0 saturated heterocycles. The number of hydrogen-bond acceptors (Lipinski definition) is 5. The van der Waals surface area contributed by atoms with E-state index >= 15 is 0 Å². The molecule has 5 aromatic carbocycles. The van der Waals surface area contributed by atoms with Gasteiger partial charge in [0, 0.05) is 29.1 Å². The van der Waals surface area contributed by atoms with Gasteiger partial charge >= 0.3 is 21.1 Å². The maximum atomic E-state index is 6.94. The number of benzene rings is 5. The zero-order valence-electron chi connectivity index (χ0n) is 37.4. The van der Waals surface area contributed by atoms with Gasteiger partial charge in [-0.3, -0.25) is 0 Å². The molecule has 3 aliphatic rings. The molecular formula is C54H56N4OPt. The first-order valence-electron chi connectivity index (χ1n) is 21.0. The molecule has 1 aliphatic carbocycles. The monoisotopic (exact) mass is 971 g/mol. The minimum Gasteiger partial charge on any atom is -0.503 e. The topological polar surface area (TPSA) is 41.0 Å². The van der Waals surface area contributed by atoms with Gasteiger partial charge in [0.15, 0.2) is 0 Å². The molecule has 0 N–H and O–H groups in total. The molecule has 3 heterocycles. The van der Waals surface area contributed by atoms with Crippen molar-refractivity contribution in [1.82, 2.24) is 4.98 Å². The Kier molecular flexibility index (Phi) is 9.95. The van der Waals surface area contributed by atoms with E-state index in [0.29, 0.717) is 11.5 Å². The fraction of sp³-hybridized carbons (Fsp3) is 0.333. The third-order valence-electron chi connectivity index (χ3n) is 13.7. The zero-order valence-corrected chi connectivity index (χ0v) is 39.7. The summed E-state index contributed by atoms with van der Waals surface area (Å²) in [6.45, 7) is 29.2. The third-order valence-corrected chi connectivity index (χ3v) is 13.7. The average molecular weight is 972 g/mol. The smallest absolute Gasteiger partial charge is 0.503 e. The van der Waals surface area contributed by atoms with E-state index in [4.69, 9.17) is 14.7 Å². The van der Waals surface area contributed by atoms with E-state index < -0.39 is 11.1 Å². The van der Waals surface area contributed by atoms with Gasteiger partial charge in [-0.05, 0) is 116 Å². The molecule has 2 atom stereocenters. The number of aromatic nitrogens is 1. The number of hydrogen-bond donors (Lipinski definition) is 0. The van der Waals surface area contributed by atoms with Crippen LogP contribution < -0.4 is 14.5 Å². The largest absolute Gasteiger partial charge is 2.00 e. The predicted molar refractivity (Wildman–Crippen MR) is 244 cm³/mol. The number of amidine groups is 1. The molecule has 9 rings (SSSR count). The quantitative estimate of drug-likeness (QED) is 0.161. The van der Waals surface area contributed by atoms with Gasteiger partial charge in [-0.25, -0.2) is 4.98 Å². The van der Waals surface area contributed by atoms with E-state index in [9.17, 15) is 0 Å². The van der Waals surface area contributed by atoms with E-state index in [1.807, 2.05) is 6.20 Å². The van der Waals surface area contributed by atoms with E-state index in [1.54, 1.807) is 0 Å². The van der Waals surface area contributed by atoms with Crippen LogP contribution in [0.2, 0.25) is 0 Å². The van der Waals surface area contributed by atoms with E-state index in [0.717, 1.165) is 46.1 Å². The molecule has 308 valence electrons. The van der Waals surface area contributed by atoms with Crippen molar-refractivity contribution in [2.45, 2.75) is 118 Å². The number of pyridine rings is 1. The summed E-state index contributed by atoms with van der Waals surface area (Å²) in [6.07, 6.45) is 2.80. The number of nitrogens with zero attached hydrogens (tertiary/aromatic N) is 4. The van der Waals surface area contributed by atoms with Crippen molar-refractivity contribution in [2.24, 2.45) is 4.99 Å². The number of ether oxygens (including phenoxy) is 1. The summed E-state index contributed by atoms with van der Waals surface area (Å²) in [4.78, 5) is 15.5. The summed E-state index contributed by atoms with van der Waals surface area (Å²) in [5.74, 6) is 3.09. The normalized spacial score (nSPS) is 19.9. The zero-order chi connectivity index (χ0) is 42.0. The molecule has 6 aromatic rings. The van der Waals surface area contributed by atoms with Gasteiger partial charge in [-0.2, -0.15) is 6.07 Å². The number of anilines is 4. The molecule has 0 saturated carbocycles. The van der Waals surface area contributed by atoms with Gasteiger partial charge in [0.2, 0.25) is 0 Å². The fourth-order valence-corrected chi connectivity index (χ4v) is 10.4. The first-order valence-corrected chi connectivity index (χ1v) is 21.0.